The van der Waals surface area contributed by atoms with E-state index in [0.29, 0.717) is 6.42 Å². The Bertz CT molecular complexity index is 560. The molecule has 0 radical (unpaired) electrons. The summed E-state index contributed by atoms with van der Waals surface area (Å²) in [6.45, 7) is 5.53. The Hall–Kier alpha value is -1.06. The first-order valence-corrected chi connectivity index (χ1v) is 8.14. The number of hydrogen-bond donors (Lipinski definition) is 4. The van der Waals surface area contributed by atoms with E-state index in [1.54, 1.807) is 0 Å². The maximum absolute atomic E-state index is 12.7. The summed E-state index contributed by atoms with van der Waals surface area (Å²) < 4.78 is 11.0. The SMILES string of the molecule is CC1(C)C(=O)C2(C)CCC1C2OC1O[C@H](C(=O)O)[C@@H](O)[C@H](O)[C@H]1O. The summed E-state index contributed by atoms with van der Waals surface area (Å²) in [7, 11) is 0. The summed E-state index contributed by atoms with van der Waals surface area (Å²) in [4.78, 5) is 23.8. The van der Waals surface area contributed by atoms with Gasteiger partial charge in [0.1, 0.15) is 24.1 Å². The Morgan fingerprint density at radius 1 is 1.17 bits per heavy atom. The zero-order valence-corrected chi connectivity index (χ0v) is 13.9. The Labute approximate surface area is 139 Å². The topological polar surface area (TPSA) is 134 Å². The minimum absolute atomic E-state index is 0.0712. The van der Waals surface area contributed by atoms with E-state index in [-0.39, 0.29) is 11.7 Å². The number of aliphatic hydroxyl groups is 3. The lowest BCUT2D eigenvalue weighted by molar-refractivity contribution is -0.310. The third-order valence-corrected chi connectivity index (χ3v) is 6.09. The number of fused-ring (bicyclic) bond motifs is 2. The average molecular weight is 344 g/mol. The van der Waals surface area contributed by atoms with Gasteiger partial charge in [-0.05, 0) is 18.8 Å². The van der Waals surface area contributed by atoms with Crippen molar-refractivity contribution in [3.8, 4) is 0 Å². The molecule has 2 saturated carbocycles. The monoisotopic (exact) mass is 344 g/mol. The van der Waals surface area contributed by atoms with Gasteiger partial charge in [-0.15, -0.1) is 0 Å². The predicted molar refractivity (Wildman–Crippen MR) is 78.8 cm³/mol. The molecule has 1 heterocycles. The Morgan fingerprint density at radius 3 is 2.29 bits per heavy atom. The zero-order valence-electron chi connectivity index (χ0n) is 13.9. The van der Waals surface area contributed by atoms with E-state index in [4.69, 9.17) is 14.6 Å². The van der Waals surface area contributed by atoms with Crippen molar-refractivity contribution < 1.29 is 39.5 Å². The van der Waals surface area contributed by atoms with E-state index in [1.165, 1.54) is 0 Å². The van der Waals surface area contributed by atoms with Crippen molar-refractivity contribution in [3.63, 3.8) is 0 Å². The summed E-state index contributed by atoms with van der Waals surface area (Å²) in [5.74, 6) is -1.45. The van der Waals surface area contributed by atoms with E-state index < -0.39 is 53.6 Å². The van der Waals surface area contributed by atoms with Crippen molar-refractivity contribution in [2.24, 2.45) is 16.7 Å². The highest BCUT2D eigenvalue weighted by Gasteiger charge is 2.67. The van der Waals surface area contributed by atoms with Gasteiger partial charge in [0.05, 0.1) is 11.5 Å². The van der Waals surface area contributed by atoms with Gasteiger partial charge in [0.2, 0.25) is 0 Å². The molecule has 0 aromatic carbocycles. The normalized spacial score (nSPS) is 50.2. The summed E-state index contributed by atoms with van der Waals surface area (Å²) in [5, 5.41) is 38.8. The summed E-state index contributed by atoms with van der Waals surface area (Å²) >= 11 is 0. The number of Topliss-reactive ketones (excluding diaryl/α,β-unsaturated/α-hetero) is 1. The Kier molecular flexibility index (Phi) is 4.05. The number of hydrogen-bond acceptors (Lipinski definition) is 7. The number of carbonyl (C=O) groups excluding carboxylic acids is 1. The van der Waals surface area contributed by atoms with E-state index in [0.717, 1.165) is 6.42 Å². The molecule has 4 N–H and O–H groups in total. The van der Waals surface area contributed by atoms with Crippen LogP contribution in [0.3, 0.4) is 0 Å². The van der Waals surface area contributed by atoms with Crippen LogP contribution in [0, 0.1) is 16.7 Å². The van der Waals surface area contributed by atoms with Gasteiger partial charge in [-0.1, -0.05) is 20.8 Å². The number of ketones is 1. The summed E-state index contributed by atoms with van der Waals surface area (Å²) in [6, 6.07) is 0. The molecule has 24 heavy (non-hydrogen) atoms. The number of carboxylic acids is 1. The van der Waals surface area contributed by atoms with Gasteiger partial charge in [0.15, 0.2) is 12.4 Å². The first-order valence-electron chi connectivity index (χ1n) is 8.14. The number of carboxylic acid groups (broad SMARTS) is 1. The van der Waals surface area contributed by atoms with Crippen LogP contribution in [0.2, 0.25) is 0 Å². The third kappa shape index (κ3) is 2.24. The molecule has 1 saturated heterocycles. The van der Waals surface area contributed by atoms with Crippen LogP contribution in [0.15, 0.2) is 0 Å². The molecule has 136 valence electrons. The fourth-order valence-electron chi connectivity index (χ4n) is 4.63. The Balaban J connectivity index is 1.83. The fourth-order valence-corrected chi connectivity index (χ4v) is 4.63. The van der Waals surface area contributed by atoms with E-state index in [9.17, 15) is 24.9 Å². The van der Waals surface area contributed by atoms with Crippen LogP contribution in [0.4, 0.5) is 0 Å². The molecule has 3 aliphatic rings. The first-order chi connectivity index (χ1) is 11.0. The molecule has 2 bridgehead atoms. The van der Waals surface area contributed by atoms with Gasteiger partial charge >= 0.3 is 5.97 Å². The minimum Gasteiger partial charge on any atom is -0.479 e. The molecule has 0 aromatic heterocycles. The van der Waals surface area contributed by atoms with Crippen LogP contribution >= 0.6 is 0 Å². The molecule has 8 heteroatoms. The van der Waals surface area contributed by atoms with E-state index in [2.05, 4.69) is 0 Å². The van der Waals surface area contributed by atoms with Crippen molar-refractivity contribution in [2.45, 2.75) is 70.4 Å². The molecule has 4 unspecified atom stereocenters. The second kappa shape index (κ2) is 5.47. The van der Waals surface area contributed by atoms with E-state index >= 15 is 0 Å². The highest BCUT2D eigenvalue weighted by atomic mass is 16.7. The van der Waals surface area contributed by atoms with Gasteiger partial charge in [-0.3, -0.25) is 4.79 Å². The predicted octanol–water partition coefficient (Wildman–Crippen LogP) is -0.711. The second-order valence-electron chi connectivity index (χ2n) is 7.91. The van der Waals surface area contributed by atoms with Crippen molar-refractivity contribution >= 4 is 11.8 Å². The number of ether oxygens (including phenoxy) is 2. The molecule has 2 aliphatic carbocycles. The third-order valence-electron chi connectivity index (χ3n) is 6.09. The molecule has 3 fully saturated rings. The molecular formula is C16H24O8. The Morgan fingerprint density at radius 2 is 1.79 bits per heavy atom. The van der Waals surface area contributed by atoms with Crippen LogP contribution in [-0.2, 0) is 19.1 Å². The number of rotatable bonds is 3. The minimum atomic E-state index is -1.76. The number of carbonyl (C=O) groups is 2. The lowest BCUT2D eigenvalue weighted by Gasteiger charge is -2.40. The average Bonchev–Trinajstić information content (AvgIpc) is 2.90. The molecule has 0 amide bonds. The maximum atomic E-state index is 12.7. The first kappa shape index (κ1) is 17.8. The van der Waals surface area contributed by atoms with Gasteiger partial charge in [-0.2, -0.15) is 0 Å². The fraction of sp³-hybridized carbons (Fsp3) is 0.875. The van der Waals surface area contributed by atoms with Crippen molar-refractivity contribution in [2.75, 3.05) is 0 Å². The molecule has 0 aromatic rings. The largest absolute Gasteiger partial charge is 0.479 e. The molecule has 0 spiro atoms. The standard InChI is InChI=1S/C16H24O8/c1-15(2)6-4-5-16(3,14(15)22)11(6)24-13-9(19)7(17)8(18)10(23-13)12(20)21/h6-11,13,17-19H,4-5H2,1-3H3,(H,20,21)/t6?,7-,8-,9+,10-,11?,13?,16?/m0/s1. The van der Waals surface area contributed by atoms with Crippen LogP contribution < -0.4 is 0 Å². The van der Waals surface area contributed by atoms with Gasteiger partial charge < -0.3 is 29.9 Å². The van der Waals surface area contributed by atoms with Gasteiger partial charge in [0, 0.05) is 5.41 Å². The lowest BCUT2D eigenvalue weighted by Crippen LogP contribution is -2.61. The zero-order chi connectivity index (χ0) is 18.0. The quantitative estimate of drug-likeness (QED) is 0.527. The second-order valence-corrected chi connectivity index (χ2v) is 7.91. The van der Waals surface area contributed by atoms with Gasteiger partial charge in [0.25, 0.3) is 0 Å². The lowest BCUT2D eigenvalue weighted by atomic mass is 9.72. The number of aliphatic hydroxyl groups excluding tert-OH is 3. The highest BCUT2D eigenvalue weighted by molar-refractivity contribution is 5.94. The molecule has 3 rings (SSSR count). The van der Waals surface area contributed by atoms with Gasteiger partial charge in [-0.25, -0.2) is 4.79 Å². The molecule has 1 aliphatic heterocycles. The number of aliphatic carboxylic acids is 1. The maximum Gasteiger partial charge on any atom is 0.335 e. The van der Waals surface area contributed by atoms with Crippen molar-refractivity contribution in [1.82, 2.24) is 0 Å². The summed E-state index contributed by atoms with van der Waals surface area (Å²) in [5.41, 5.74) is -1.29. The van der Waals surface area contributed by atoms with E-state index in [1.807, 2.05) is 20.8 Å². The smallest absolute Gasteiger partial charge is 0.335 e. The van der Waals surface area contributed by atoms with Crippen LogP contribution in [0.25, 0.3) is 0 Å². The molecular weight excluding hydrogens is 320 g/mol. The highest BCUT2D eigenvalue weighted by Crippen LogP contribution is 2.61. The van der Waals surface area contributed by atoms with Crippen molar-refractivity contribution in [3.05, 3.63) is 0 Å². The van der Waals surface area contributed by atoms with Crippen LogP contribution in [0.1, 0.15) is 33.6 Å². The molecule has 8 atom stereocenters. The molecule has 8 nitrogen and oxygen atoms in total. The van der Waals surface area contributed by atoms with Crippen LogP contribution in [-0.4, -0.2) is 69.0 Å². The van der Waals surface area contributed by atoms with Crippen LogP contribution in [0.5, 0.6) is 0 Å². The summed E-state index contributed by atoms with van der Waals surface area (Å²) in [6.07, 6.45) is -7.28. The van der Waals surface area contributed by atoms with Crippen molar-refractivity contribution in [1.29, 1.82) is 0 Å².